The SMILES string of the molecule is CCC1C=CC(c2ccc(C(F)(F)Oc3ccc(C(F)(F)Oc4cc(F)c(F)c(F)c4)c(F)c3F)c(F)c2F)CC1. The van der Waals surface area contributed by atoms with Crippen molar-refractivity contribution in [1.82, 2.24) is 0 Å². The van der Waals surface area contributed by atoms with Gasteiger partial charge < -0.3 is 9.47 Å². The highest BCUT2D eigenvalue weighted by Crippen LogP contribution is 2.41. The molecule has 220 valence electrons. The monoisotopic (exact) mass is 596 g/mol. The summed E-state index contributed by atoms with van der Waals surface area (Å²) in [4.78, 5) is 0. The van der Waals surface area contributed by atoms with E-state index in [1.807, 2.05) is 13.0 Å². The number of benzene rings is 3. The molecule has 2 unspecified atom stereocenters. The van der Waals surface area contributed by atoms with E-state index in [0.717, 1.165) is 12.5 Å². The Morgan fingerprint density at radius 3 is 1.78 bits per heavy atom. The van der Waals surface area contributed by atoms with Gasteiger partial charge in [0, 0.05) is 18.1 Å². The standard InChI is InChI=1S/C28H19F11O2/c1-2-13-3-5-14(6-4-13)16-7-8-17(23(32)22(16)31)28(38,39)41-21-10-9-18(24(33)26(21)35)27(36,37)40-15-11-19(29)25(34)20(30)12-15/h3,5,7-14H,2,4,6H2,1H3. The first-order valence-electron chi connectivity index (χ1n) is 12.1. The van der Waals surface area contributed by atoms with Crippen molar-refractivity contribution in [1.29, 1.82) is 0 Å². The number of allylic oxidation sites excluding steroid dienone is 2. The molecule has 0 fully saturated rings. The number of hydrogen-bond acceptors (Lipinski definition) is 2. The predicted octanol–water partition coefficient (Wildman–Crippen LogP) is 9.38. The first-order chi connectivity index (χ1) is 19.2. The quantitative estimate of drug-likeness (QED) is 0.147. The summed E-state index contributed by atoms with van der Waals surface area (Å²) in [6, 6.07) is 1.61. The minimum absolute atomic E-state index is 0.00401. The van der Waals surface area contributed by atoms with E-state index >= 15 is 0 Å². The molecule has 0 radical (unpaired) electrons. The van der Waals surface area contributed by atoms with E-state index in [4.69, 9.17) is 0 Å². The van der Waals surface area contributed by atoms with E-state index in [9.17, 15) is 48.3 Å². The van der Waals surface area contributed by atoms with Crippen LogP contribution in [-0.4, -0.2) is 0 Å². The zero-order chi connectivity index (χ0) is 30.3. The van der Waals surface area contributed by atoms with Crippen LogP contribution in [0.5, 0.6) is 11.5 Å². The summed E-state index contributed by atoms with van der Waals surface area (Å²) in [6.07, 6.45) is -4.24. The summed E-state index contributed by atoms with van der Waals surface area (Å²) in [5, 5.41) is 0. The number of hydrogen-bond donors (Lipinski definition) is 0. The third kappa shape index (κ3) is 5.98. The molecule has 41 heavy (non-hydrogen) atoms. The predicted molar refractivity (Wildman–Crippen MR) is 123 cm³/mol. The van der Waals surface area contributed by atoms with Crippen molar-refractivity contribution in [2.45, 2.75) is 44.3 Å². The molecule has 0 N–H and O–H groups in total. The highest BCUT2D eigenvalue weighted by Gasteiger charge is 2.43. The summed E-state index contributed by atoms with van der Waals surface area (Å²) >= 11 is 0. The van der Waals surface area contributed by atoms with Gasteiger partial charge in [-0.25, -0.2) is 26.3 Å². The average Bonchev–Trinajstić information content (AvgIpc) is 2.91. The number of ether oxygens (including phenoxy) is 2. The van der Waals surface area contributed by atoms with Crippen molar-refractivity contribution >= 4 is 0 Å². The van der Waals surface area contributed by atoms with Crippen LogP contribution in [0.2, 0.25) is 0 Å². The fourth-order valence-electron chi connectivity index (χ4n) is 4.37. The number of alkyl halides is 4. The minimum atomic E-state index is -4.85. The molecule has 1 aliphatic rings. The van der Waals surface area contributed by atoms with E-state index in [1.165, 1.54) is 0 Å². The van der Waals surface area contributed by atoms with Gasteiger partial charge in [0.2, 0.25) is 5.82 Å². The van der Waals surface area contributed by atoms with Crippen molar-refractivity contribution in [3.8, 4) is 11.5 Å². The molecule has 0 aliphatic heterocycles. The summed E-state index contributed by atoms with van der Waals surface area (Å²) in [5.41, 5.74) is -3.77. The van der Waals surface area contributed by atoms with Gasteiger partial charge >= 0.3 is 12.2 Å². The lowest BCUT2D eigenvalue weighted by molar-refractivity contribution is -0.191. The van der Waals surface area contributed by atoms with Gasteiger partial charge in [-0.05, 0) is 48.9 Å². The molecule has 2 atom stereocenters. The summed E-state index contributed by atoms with van der Waals surface area (Å²) in [7, 11) is 0. The second-order valence-corrected chi connectivity index (χ2v) is 9.25. The van der Waals surface area contributed by atoms with Crippen LogP contribution < -0.4 is 9.47 Å². The summed E-state index contributed by atoms with van der Waals surface area (Å²) in [6.45, 7) is 1.95. The van der Waals surface area contributed by atoms with Gasteiger partial charge in [0.15, 0.2) is 40.7 Å². The third-order valence-corrected chi connectivity index (χ3v) is 6.62. The van der Waals surface area contributed by atoms with Crippen molar-refractivity contribution in [3.05, 3.63) is 106 Å². The van der Waals surface area contributed by atoms with Crippen LogP contribution in [0.25, 0.3) is 0 Å². The van der Waals surface area contributed by atoms with E-state index in [1.54, 1.807) is 6.08 Å². The smallest absolute Gasteiger partial charge is 0.429 e. The summed E-state index contributed by atoms with van der Waals surface area (Å²) in [5.74, 6) is -17.6. The molecule has 0 bridgehead atoms. The maximum atomic E-state index is 14.8. The molecule has 3 aromatic carbocycles. The Kier molecular flexibility index (Phi) is 8.28. The van der Waals surface area contributed by atoms with Crippen LogP contribution in [0.4, 0.5) is 48.3 Å². The van der Waals surface area contributed by atoms with Crippen molar-refractivity contribution in [3.63, 3.8) is 0 Å². The number of rotatable bonds is 8. The molecule has 0 amide bonds. The van der Waals surface area contributed by atoms with Gasteiger partial charge in [0.25, 0.3) is 0 Å². The highest BCUT2D eigenvalue weighted by atomic mass is 19.3. The van der Waals surface area contributed by atoms with Crippen LogP contribution >= 0.6 is 0 Å². The lowest BCUT2D eigenvalue weighted by atomic mass is 9.83. The van der Waals surface area contributed by atoms with Gasteiger partial charge in [0.1, 0.15) is 16.9 Å². The fraction of sp³-hybridized carbons (Fsp3) is 0.286. The molecule has 3 aromatic rings. The molecule has 1 aliphatic carbocycles. The number of halogens is 11. The van der Waals surface area contributed by atoms with E-state index in [-0.39, 0.29) is 35.7 Å². The zero-order valence-electron chi connectivity index (χ0n) is 20.9. The highest BCUT2D eigenvalue weighted by molar-refractivity contribution is 5.37. The maximum Gasteiger partial charge on any atom is 0.429 e. The Bertz CT molecular complexity index is 1460. The molecule has 0 heterocycles. The zero-order valence-corrected chi connectivity index (χ0v) is 20.9. The molecule has 13 heteroatoms. The Morgan fingerprint density at radius 1 is 0.659 bits per heavy atom. The largest absolute Gasteiger partial charge is 0.429 e. The fourth-order valence-corrected chi connectivity index (χ4v) is 4.37. The lowest BCUT2D eigenvalue weighted by Crippen LogP contribution is -2.27. The minimum Gasteiger partial charge on any atom is -0.429 e. The van der Waals surface area contributed by atoms with Gasteiger partial charge in [-0.3, -0.25) is 0 Å². The van der Waals surface area contributed by atoms with Crippen LogP contribution in [0, 0.1) is 46.6 Å². The normalized spacial score (nSPS) is 17.6. The van der Waals surface area contributed by atoms with Crippen molar-refractivity contribution in [2.24, 2.45) is 5.92 Å². The summed E-state index contributed by atoms with van der Waals surface area (Å²) < 4.78 is 165. The second-order valence-electron chi connectivity index (χ2n) is 9.25. The first-order valence-corrected chi connectivity index (χ1v) is 12.1. The van der Waals surface area contributed by atoms with Crippen LogP contribution in [-0.2, 0) is 12.2 Å². The van der Waals surface area contributed by atoms with Gasteiger partial charge in [-0.2, -0.15) is 22.0 Å². The van der Waals surface area contributed by atoms with Gasteiger partial charge in [-0.15, -0.1) is 0 Å². The lowest BCUT2D eigenvalue weighted by Gasteiger charge is -2.24. The molecule has 0 saturated heterocycles. The maximum absolute atomic E-state index is 14.8. The Hall–Kier alpha value is -3.77. The van der Waals surface area contributed by atoms with Crippen LogP contribution in [0.1, 0.15) is 48.8 Å². The average molecular weight is 596 g/mol. The Balaban J connectivity index is 1.59. The first kappa shape index (κ1) is 30.2. The topological polar surface area (TPSA) is 18.5 Å². The molecule has 0 saturated carbocycles. The molecule has 2 nitrogen and oxygen atoms in total. The van der Waals surface area contributed by atoms with Crippen molar-refractivity contribution in [2.75, 3.05) is 0 Å². The third-order valence-electron chi connectivity index (χ3n) is 6.62. The van der Waals surface area contributed by atoms with Gasteiger partial charge in [0.05, 0.1) is 0 Å². The van der Waals surface area contributed by atoms with Crippen molar-refractivity contribution < 1.29 is 57.8 Å². The molecule has 0 aromatic heterocycles. The van der Waals surface area contributed by atoms with Crippen LogP contribution in [0.15, 0.2) is 48.6 Å². The van der Waals surface area contributed by atoms with E-state index in [2.05, 4.69) is 9.47 Å². The second kappa shape index (κ2) is 11.2. The molecule has 0 spiro atoms. The van der Waals surface area contributed by atoms with E-state index in [0.29, 0.717) is 18.9 Å². The Morgan fingerprint density at radius 2 is 1.22 bits per heavy atom. The van der Waals surface area contributed by atoms with Crippen LogP contribution in [0.3, 0.4) is 0 Å². The van der Waals surface area contributed by atoms with Gasteiger partial charge in [-0.1, -0.05) is 25.1 Å². The molecule has 4 rings (SSSR count). The molecular formula is C28H19F11O2. The molecular weight excluding hydrogens is 577 g/mol. The Labute approximate surface area is 226 Å². The van der Waals surface area contributed by atoms with E-state index < -0.39 is 81.5 Å².